The smallest absolute Gasteiger partial charge is 0.288 e. The molecular weight excluding hydrogens is 280 g/mol. The second kappa shape index (κ2) is 5.31. The van der Waals surface area contributed by atoms with Gasteiger partial charge in [-0.1, -0.05) is 17.7 Å². The Morgan fingerprint density at radius 1 is 1.40 bits per heavy atom. The van der Waals surface area contributed by atoms with Crippen molar-refractivity contribution in [2.45, 2.75) is 25.5 Å². The van der Waals surface area contributed by atoms with E-state index in [1.807, 2.05) is 6.07 Å². The van der Waals surface area contributed by atoms with Gasteiger partial charge in [0.25, 0.3) is 5.69 Å². The highest BCUT2D eigenvalue weighted by molar-refractivity contribution is 6.32. The van der Waals surface area contributed by atoms with E-state index in [1.54, 1.807) is 12.1 Å². The predicted octanol–water partition coefficient (Wildman–Crippen LogP) is 2.45. The van der Waals surface area contributed by atoms with E-state index in [9.17, 15) is 15.2 Å². The first-order valence-corrected chi connectivity index (χ1v) is 7.25. The number of likely N-dealkylation sites (tertiary alicyclic amines) is 1. The number of nitro groups is 1. The largest absolute Gasteiger partial charge is 0.393 e. The molecule has 5 nitrogen and oxygen atoms in total. The van der Waals surface area contributed by atoms with Crippen LogP contribution in [0.25, 0.3) is 0 Å². The molecule has 2 fully saturated rings. The summed E-state index contributed by atoms with van der Waals surface area (Å²) in [6.45, 7) is 2.53. The van der Waals surface area contributed by atoms with Crippen molar-refractivity contribution in [2.75, 3.05) is 13.1 Å². The molecule has 0 amide bonds. The zero-order valence-corrected chi connectivity index (χ0v) is 11.8. The van der Waals surface area contributed by atoms with E-state index in [2.05, 4.69) is 4.90 Å². The quantitative estimate of drug-likeness (QED) is 0.687. The first kappa shape index (κ1) is 13.8. The van der Waals surface area contributed by atoms with E-state index in [-0.39, 0.29) is 16.8 Å². The van der Waals surface area contributed by atoms with Crippen molar-refractivity contribution >= 4 is 17.3 Å². The van der Waals surface area contributed by atoms with Crippen molar-refractivity contribution < 1.29 is 10.0 Å². The standard InChI is InChI=1S/C14H17ClN2O3/c15-12-3-1-9(5-13(12)17(19)20)6-16-7-10-2-4-14(18)11(10)8-16/h1,3,5,10-11,14,18H,2,4,6-8H2. The van der Waals surface area contributed by atoms with Crippen LogP contribution in [0.3, 0.4) is 0 Å². The Hall–Kier alpha value is -1.17. The van der Waals surface area contributed by atoms with Gasteiger partial charge in [-0.15, -0.1) is 0 Å². The van der Waals surface area contributed by atoms with Crippen LogP contribution >= 0.6 is 11.6 Å². The number of rotatable bonds is 3. The van der Waals surface area contributed by atoms with Crippen molar-refractivity contribution in [1.82, 2.24) is 4.90 Å². The number of fused-ring (bicyclic) bond motifs is 1. The van der Waals surface area contributed by atoms with Crippen molar-refractivity contribution in [1.29, 1.82) is 0 Å². The zero-order valence-electron chi connectivity index (χ0n) is 11.0. The van der Waals surface area contributed by atoms with Crippen LogP contribution in [0.5, 0.6) is 0 Å². The minimum Gasteiger partial charge on any atom is -0.393 e. The molecule has 1 N–H and O–H groups in total. The van der Waals surface area contributed by atoms with Gasteiger partial charge in [0.2, 0.25) is 0 Å². The van der Waals surface area contributed by atoms with Crippen LogP contribution < -0.4 is 0 Å². The highest BCUT2D eigenvalue weighted by atomic mass is 35.5. The fourth-order valence-corrected chi connectivity index (χ4v) is 3.70. The van der Waals surface area contributed by atoms with E-state index < -0.39 is 4.92 Å². The molecule has 0 bridgehead atoms. The van der Waals surface area contributed by atoms with Gasteiger partial charge in [0, 0.05) is 31.6 Å². The molecule has 1 aliphatic carbocycles. The Balaban J connectivity index is 1.70. The van der Waals surface area contributed by atoms with Crippen molar-refractivity contribution in [2.24, 2.45) is 11.8 Å². The highest BCUT2D eigenvalue weighted by Gasteiger charge is 2.41. The lowest BCUT2D eigenvalue weighted by molar-refractivity contribution is -0.384. The second-order valence-corrected chi connectivity index (χ2v) is 6.21. The van der Waals surface area contributed by atoms with Gasteiger partial charge in [-0.25, -0.2) is 0 Å². The Morgan fingerprint density at radius 2 is 2.20 bits per heavy atom. The number of nitrogens with zero attached hydrogens (tertiary/aromatic N) is 2. The molecule has 3 atom stereocenters. The Bertz CT molecular complexity index is 537. The zero-order chi connectivity index (χ0) is 14.3. The lowest BCUT2D eigenvalue weighted by Gasteiger charge is -2.18. The molecule has 1 aliphatic heterocycles. The topological polar surface area (TPSA) is 66.6 Å². The normalized spacial score (nSPS) is 29.6. The lowest BCUT2D eigenvalue weighted by Crippen LogP contribution is -2.24. The summed E-state index contributed by atoms with van der Waals surface area (Å²) in [7, 11) is 0. The molecule has 3 rings (SSSR count). The van der Waals surface area contributed by atoms with E-state index in [1.165, 1.54) is 0 Å². The molecule has 1 saturated carbocycles. The molecule has 6 heteroatoms. The molecule has 20 heavy (non-hydrogen) atoms. The van der Waals surface area contributed by atoms with Gasteiger partial charge in [-0.2, -0.15) is 0 Å². The van der Waals surface area contributed by atoms with Crippen LogP contribution in [-0.4, -0.2) is 34.1 Å². The maximum absolute atomic E-state index is 10.9. The number of benzene rings is 1. The van der Waals surface area contributed by atoms with Crippen LogP contribution in [-0.2, 0) is 6.54 Å². The molecular formula is C14H17ClN2O3. The summed E-state index contributed by atoms with van der Waals surface area (Å²) in [4.78, 5) is 12.7. The summed E-state index contributed by atoms with van der Waals surface area (Å²) in [5.74, 6) is 0.949. The Labute approximate surface area is 122 Å². The number of halogens is 1. The van der Waals surface area contributed by atoms with Crippen LogP contribution in [0.15, 0.2) is 18.2 Å². The second-order valence-electron chi connectivity index (χ2n) is 5.81. The fourth-order valence-electron chi connectivity index (χ4n) is 3.51. The van der Waals surface area contributed by atoms with Crippen LogP contribution in [0, 0.1) is 22.0 Å². The van der Waals surface area contributed by atoms with Gasteiger partial charge in [-0.05, 0) is 30.4 Å². The summed E-state index contributed by atoms with van der Waals surface area (Å²) in [6.07, 6.45) is 1.82. The molecule has 1 aromatic carbocycles. The van der Waals surface area contributed by atoms with E-state index in [0.717, 1.165) is 31.5 Å². The number of hydrogen-bond acceptors (Lipinski definition) is 4. The molecule has 0 aromatic heterocycles. The van der Waals surface area contributed by atoms with Crippen molar-refractivity contribution in [3.63, 3.8) is 0 Å². The van der Waals surface area contributed by atoms with Gasteiger partial charge in [-0.3, -0.25) is 15.0 Å². The summed E-state index contributed by atoms with van der Waals surface area (Å²) >= 11 is 5.82. The van der Waals surface area contributed by atoms with Gasteiger partial charge >= 0.3 is 0 Å². The minimum atomic E-state index is -0.450. The van der Waals surface area contributed by atoms with E-state index in [0.29, 0.717) is 18.4 Å². The Morgan fingerprint density at radius 3 is 2.90 bits per heavy atom. The van der Waals surface area contributed by atoms with Crippen LogP contribution in [0.1, 0.15) is 18.4 Å². The summed E-state index contributed by atoms with van der Waals surface area (Å²) < 4.78 is 0. The van der Waals surface area contributed by atoms with Crippen LogP contribution in [0.4, 0.5) is 5.69 Å². The molecule has 108 valence electrons. The number of aliphatic hydroxyl groups is 1. The van der Waals surface area contributed by atoms with Crippen LogP contribution in [0.2, 0.25) is 5.02 Å². The third-order valence-electron chi connectivity index (χ3n) is 4.51. The van der Waals surface area contributed by atoms with Gasteiger partial charge in [0.1, 0.15) is 5.02 Å². The molecule has 1 aromatic rings. The van der Waals surface area contributed by atoms with E-state index in [4.69, 9.17) is 11.6 Å². The Kier molecular flexibility index (Phi) is 3.67. The predicted molar refractivity (Wildman–Crippen MR) is 75.6 cm³/mol. The molecule has 2 aliphatic rings. The highest BCUT2D eigenvalue weighted by Crippen LogP contribution is 2.38. The van der Waals surface area contributed by atoms with Gasteiger partial charge in [0.15, 0.2) is 0 Å². The number of nitro benzene ring substituents is 1. The first-order chi connectivity index (χ1) is 9.54. The average molecular weight is 297 g/mol. The van der Waals surface area contributed by atoms with Gasteiger partial charge < -0.3 is 5.11 Å². The van der Waals surface area contributed by atoms with Gasteiger partial charge in [0.05, 0.1) is 11.0 Å². The first-order valence-electron chi connectivity index (χ1n) is 6.88. The molecule has 1 heterocycles. The molecule has 3 unspecified atom stereocenters. The monoisotopic (exact) mass is 296 g/mol. The van der Waals surface area contributed by atoms with Crippen molar-refractivity contribution in [3.8, 4) is 0 Å². The fraction of sp³-hybridized carbons (Fsp3) is 0.571. The third kappa shape index (κ3) is 2.53. The SMILES string of the molecule is O=[N+]([O-])c1cc(CN2CC3CCC(O)C3C2)ccc1Cl. The lowest BCUT2D eigenvalue weighted by atomic mass is 10.00. The molecule has 1 saturated heterocycles. The third-order valence-corrected chi connectivity index (χ3v) is 4.83. The number of aliphatic hydroxyl groups excluding tert-OH is 1. The molecule has 0 radical (unpaired) electrons. The summed E-state index contributed by atoms with van der Waals surface area (Å²) in [5, 5.41) is 21.0. The minimum absolute atomic E-state index is 0.0383. The van der Waals surface area contributed by atoms with E-state index >= 15 is 0 Å². The average Bonchev–Trinajstić information content (AvgIpc) is 2.94. The van der Waals surface area contributed by atoms with Crippen molar-refractivity contribution in [3.05, 3.63) is 38.9 Å². The summed E-state index contributed by atoms with van der Waals surface area (Å²) in [5.41, 5.74) is 0.860. The summed E-state index contributed by atoms with van der Waals surface area (Å²) in [6, 6.07) is 4.97. The molecule has 0 spiro atoms. The maximum atomic E-state index is 10.9. The maximum Gasteiger partial charge on any atom is 0.288 e. The number of hydrogen-bond donors (Lipinski definition) is 1.